The van der Waals surface area contributed by atoms with E-state index < -0.39 is 0 Å². The van der Waals surface area contributed by atoms with Crippen LogP contribution in [-0.2, 0) is 17.0 Å². The highest BCUT2D eigenvalue weighted by Gasteiger charge is 2.36. The van der Waals surface area contributed by atoms with Crippen molar-refractivity contribution in [1.29, 1.82) is 0 Å². The van der Waals surface area contributed by atoms with Gasteiger partial charge in [0.25, 0.3) is 0 Å². The Hall–Kier alpha value is -2.12. The summed E-state index contributed by atoms with van der Waals surface area (Å²) in [4.78, 5) is 0. The fraction of sp³-hybridized carbons (Fsp3) is 0.333. The van der Waals surface area contributed by atoms with Crippen LogP contribution in [0.4, 0.5) is 0 Å². The molecular weight excluding hydrogens is 356 g/mol. The molecule has 3 aromatic rings. The summed E-state index contributed by atoms with van der Waals surface area (Å²) >= 11 is 1.38. The van der Waals surface area contributed by atoms with E-state index in [-0.39, 0.29) is 5.72 Å². The van der Waals surface area contributed by atoms with Crippen molar-refractivity contribution < 1.29 is 4.74 Å². The Kier molecular flexibility index (Phi) is 5.59. The number of hydrogen-bond donors (Lipinski definition) is 2. The quantitative estimate of drug-likeness (QED) is 0.685. The summed E-state index contributed by atoms with van der Waals surface area (Å²) in [6.07, 6.45) is 1.99. The molecular formula is C21H24N4OS. The smallest absolute Gasteiger partial charge is 0.145 e. The van der Waals surface area contributed by atoms with E-state index in [1.165, 1.54) is 22.7 Å². The van der Waals surface area contributed by atoms with Gasteiger partial charge in [-0.3, -0.25) is 5.32 Å². The van der Waals surface area contributed by atoms with Gasteiger partial charge >= 0.3 is 0 Å². The van der Waals surface area contributed by atoms with E-state index in [1.807, 2.05) is 17.5 Å². The Balaban J connectivity index is 1.39. The number of rotatable bonds is 6. The van der Waals surface area contributed by atoms with E-state index in [0.717, 1.165) is 37.2 Å². The molecule has 1 aliphatic rings. The van der Waals surface area contributed by atoms with Crippen LogP contribution < -0.4 is 10.6 Å². The maximum absolute atomic E-state index is 5.89. The second-order valence-corrected chi connectivity index (χ2v) is 7.45. The van der Waals surface area contributed by atoms with Crippen molar-refractivity contribution in [1.82, 2.24) is 20.2 Å². The highest BCUT2D eigenvalue weighted by Crippen LogP contribution is 2.31. The lowest BCUT2D eigenvalue weighted by atomic mass is 9.91. The first kappa shape index (κ1) is 18.3. The average Bonchev–Trinajstić information content (AvgIpc) is 3.28. The first-order valence-electron chi connectivity index (χ1n) is 9.25. The van der Waals surface area contributed by atoms with Gasteiger partial charge in [-0.15, -0.1) is 5.10 Å². The molecule has 0 amide bonds. The molecule has 1 fully saturated rings. The molecule has 0 saturated carbocycles. The van der Waals surface area contributed by atoms with Crippen molar-refractivity contribution >= 4 is 11.5 Å². The fourth-order valence-electron chi connectivity index (χ4n) is 3.74. The lowest BCUT2D eigenvalue weighted by molar-refractivity contribution is -0.0699. The molecule has 2 heterocycles. The third-order valence-electron chi connectivity index (χ3n) is 5.30. The van der Waals surface area contributed by atoms with E-state index in [2.05, 4.69) is 62.7 Å². The molecule has 0 bridgehead atoms. The largest absolute Gasteiger partial charge is 0.360 e. The van der Waals surface area contributed by atoms with Gasteiger partial charge in [0.15, 0.2) is 0 Å². The molecule has 2 atom stereocenters. The number of ether oxygens (including phenoxy) is 1. The van der Waals surface area contributed by atoms with Crippen LogP contribution in [-0.4, -0.2) is 29.3 Å². The Morgan fingerprint density at radius 3 is 2.70 bits per heavy atom. The minimum atomic E-state index is -0.385. The van der Waals surface area contributed by atoms with E-state index in [1.54, 1.807) is 7.11 Å². The molecule has 1 saturated heterocycles. The molecule has 0 spiro atoms. The second kappa shape index (κ2) is 8.27. The number of benzene rings is 2. The Morgan fingerprint density at radius 2 is 2.00 bits per heavy atom. The summed E-state index contributed by atoms with van der Waals surface area (Å²) in [7, 11) is 1.78. The third kappa shape index (κ3) is 3.94. The lowest BCUT2D eigenvalue weighted by Crippen LogP contribution is -2.55. The SMILES string of the molecule is COC1(c2ccccc2)CCC(NCc2ccccc2-c2csnn2)CN1. The minimum Gasteiger partial charge on any atom is -0.360 e. The summed E-state index contributed by atoms with van der Waals surface area (Å²) in [6.45, 7) is 1.68. The third-order valence-corrected chi connectivity index (χ3v) is 5.81. The van der Waals surface area contributed by atoms with Crippen molar-refractivity contribution in [2.75, 3.05) is 13.7 Å². The molecule has 6 heteroatoms. The Labute approximate surface area is 163 Å². The number of methoxy groups -OCH3 is 1. The molecule has 0 aliphatic carbocycles. The molecule has 2 N–H and O–H groups in total. The van der Waals surface area contributed by atoms with Crippen LogP contribution in [0, 0.1) is 0 Å². The van der Waals surface area contributed by atoms with E-state index in [4.69, 9.17) is 4.74 Å². The maximum Gasteiger partial charge on any atom is 0.145 e. The van der Waals surface area contributed by atoms with Crippen LogP contribution in [0.2, 0.25) is 0 Å². The van der Waals surface area contributed by atoms with Gasteiger partial charge in [-0.05, 0) is 35.5 Å². The average molecular weight is 381 g/mol. The Morgan fingerprint density at radius 1 is 1.19 bits per heavy atom. The molecule has 1 aliphatic heterocycles. The molecule has 1 aromatic heterocycles. The van der Waals surface area contributed by atoms with E-state index in [0.29, 0.717) is 6.04 Å². The van der Waals surface area contributed by atoms with Gasteiger partial charge < -0.3 is 10.1 Å². The van der Waals surface area contributed by atoms with Crippen molar-refractivity contribution in [3.8, 4) is 11.3 Å². The van der Waals surface area contributed by atoms with Gasteiger partial charge in [-0.25, -0.2) is 0 Å². The second-order valence-electron chi connectivity index (χ2n) is 6.84. The Bertz CT molecular complexity index is 846. The van der Waals surface area contributed by atoms with E-state index in [9.17, 15) is 0 Å². The van der Waals surface area contributed by atoms with Crippen molar-refractivity contribution in [3.63, 3.8) is 0 Å². The molecule has 5 nitrogen and oxygen atoms in total. The van der Waals surface area contributed by atoms with Gasteiger partial charge in [0.2, 0.25) is 0 Å². The number of nitrogens with one attached hydrogen (secondary N) is 2. The zero-order valence-corrected chi connectivity index (χ0v) is 16.2. The predicted molar refractivity (Wildman–Crippen MR) is 108 cm³/mol. The first-order valence-corrected chi connectivity index (χ1v) is 10.1. The van der Waals surface area contributed by atoms with Crippen molar-refractivity contribution in [3.05, 3.63) is 71.1 Å². The molecule has 0 radical (unpaired) electrons. The molecule has 2 aromatic carbocycles. The van der Waals surface area contributed by atoms with Crippen LogP contribution in [0.3, 0.4) is 0 Å². The summed E-state index contributed by atoms with van der Waals surface area (Å²) < 4.78 is 9.88. The molecule has 4 rings (SSSR count). The summed E-state index contributed by atoms with van der Waals surface area (Å²) in [5, 5.41) is 13.5. The number of aromatic nitrogens is 2. The highest BCUT2D eigenvalue weighted by atomic mass is 32.1. The molecule has 27 heavy (non-hydrogen) atoms. The maximum atomic E-state index is 5.89. The first-order chi connectivity index (χ1) is 13.3. The zero-order chi connectivity index (χ0) is 18.5. The number of nitrogens with zero attached hydrogens (tertiary/aromatic N) is 2. The van der Waals surface area contributed by atoms with Crippen LogP contribution in [0.15, 0.2) is 60.0 Å². The van der Waals surface area contributed by atoms with Gasteiger partial charge in [0, 0.05) is 37.2 Å². The monoisotopic (exact) mass is 380 g/mol. The van der Waals surface area contributed by atoms with Crippen molar-refractivity contribution in [2.45, 2.75) is 31.2 Å². The summed E-state index contributed by atoms with van der Waals surface area (Å²) in [6, 6.07) is 19.2. The van der Waals surface area contributed by atoms with Gasteiger partial charge in [0.1, 0.15) is 11.4 Å². The molecule has 140 valence electrons. The van der Waals surface area contributed by atoms with E-state index >= 15 is 0 Å². The summed E-state index contributed by atoms with van der Waals surface area (Å²) in [5.74, 6) is 0. The standard InChI is InChI=1S/C21H24N4OS/c1-26-21(17-8-3-2-4-9-17)12-11-18(14-23-21)22-13-16-7-5-6-10-19(16)20-15-27-25-24-20/h2-10,15,18,22-23H,11-14H2,1H3. The van der Waals surface area contributed by atoms with Gasteiger partial charge in [-0.2, -0.15) is 0 Å². The summed E-state index contributed by atoms with van der Waals surface area (Å²) in [5.41, 5.74) is 4.15. The number of piperidine rings is 1. The molecule has 2 unspecified atom stereocenters. The number of hydrogen-bond acceptors (Lipinski definition) is 6. The highest BCUT2D eigenvalue weighted by molar-refractivity contribution is 7.03. The minimum absolute atomic E-state index is 0.385. The topological polar surface area (TPSA) is 59.1 Å². The van der Waals surface area contributed by atoms with Crippen LogP contribution in [0.25, 0.3) is 11.3 Å². The van der Waals surface area contributed by atoms with Gasteiger partial charge in [0.05, 0.1) is 0 Å². The van der Waals surface area contributed by atoms with Crippen LogP contribution >= 0.6 is 11.5 Å². The van der Waals surface area contributed by atoms with Crippen LogP contribution in [0.1, 0.15) is 24.0 Å². The lowest BCUT2D eigenvalue weighted by Gasteiger charge is -2.41. The van der Waals surface area contributed by atoms with Crippen LogP contribution in [0.5, 0.6) is 0 Å². The zero-order valence-electron chi connectivity index (χ0n) is 15.4. The normalized spacial score (nSPS) is 22.6. The predicted octanol–water partition coefficient (Wildman–Crippen LogP) is 3.55. The van der Waals surface area contributed by atoms with Gasteiger partial charge in [-0.1, -0.05) is 59.1 Å². The fourth-order valence-corrected chi connectivity index (χ4v) is 4.19. The van der Waals surface area contributed by atoms with Crippen molar-refractivity contribution in [2.24, 2.45) is 0 Å².